The van der Waals surface area contributed by atoms with Crippen molar-refractivity contribution < 1.29 is 4.79 Å². The maximum atomic E-state index is 12.7. The number of aryl methyl sites for hydroxylation is 2. The van der Waals surface area contributed by atoms with Crippen LogP contribution in [0.3, 0.4) is 0 Å². The largest absolute Gasteiger partial charge is 0.323 e. The van der Waals surface area contributed by atoms with E-state index >= 15 is 0 Å². The fourth-order valence-electron chi connectivity index (χ4n) is 3.04. The van der Waals surface area contributed by atoms with Gasteiger partial charge < -0.3 is 9.88 Å². The fraction of sp³-hybridized carbons (Fsp3) is 0.222. The van der Waals surface area contributed by atoms with Crippen molar-refractivity contribution in [1.29, 1.82) is 0 Å². The van der Waals surface area contributed by atoms with Crippen molar-refractivity contribution >= 4 is 33.7 Å². The molecule has 0 aliphatic rings. The van der Waals surface area contributed by atoms with E-state index in [9.17, 15) is 4.79 Å². The predicted molar refractivity (Wildman–Crippen MR) is 96.3 cm³/mol. The third-order valence-electron chi connectivity index (χ3n) is 4.41. The number of nitrogens with zero attached hydrogens (tertiary/aromatic N) is 5. The van der Waals surface area contributed by atoms with E-state index in [1.54, 1.807) is 17.2 Å². The van der Waals surface area contributed by atoms with Gasteiger partial charge in [-0.15, -0.1) is 0 Å². The second-order valence-electron chi connectivity index (χ2n) is 6.11. The number of amides is 1. The second-order valence-corrected chi connectivity index (χ2v) is 6.11. The number of carbonyl (C=O) groups is 1. The lowest BCUT2D eigenvalue weighted by Crippen LogP contribution is -2.23. The molecular formula is C18H18N6O. The van der Waals surface area contributed by atoms with Gasteiger partial charge in [0, 0.05) is 12.4 Å². The van der Waals surface area contributed by atoms with Crippen LogP contribution in [0.15, 0.2) is 42.9 Å². The highest BCUT2D eigenvalue weighted by Gasteiger charge is 2.18. The number of carbonyl (C=O) groups excluding carboxylic acids is 1. The van der Waals surface area contributed by atoms with Gasteiger partial charge in [-0.3, -0.25) is 9.48 Å². The van der Waals surface area contributed by atoms with E-state index in [1.807, 2.05) is 55.8 Å². The SMILES string of the molecule is Cc1nn(C)c2ncc(NC(=O)C(C)n3cnc4ccccc43)cc12. The lowest BCUT2D eigenvalue weighted by Gasteiger charge is -2.14. The molecule has 4 aromatic rings. The Morgan fingerprint density at radius 3 is 2.88 bits per heavy atom. The van der Waals surface area contributed by atoms with Crippen LogP contribution in [0, 0.1) is 6.92 Å². The van der Waals surface area contributed by atoms with Crippen molar-refractivity contribution in [3.8, 4) is 0 Å². The Morgan fingerprint density at radius 1 is 1.24 bits per heavy atom. The van der Waals surface area contributed by atoms with Crippen LogP contribution in [0.25, 0.3) is 22.1 Å². The van der Waals surface area contributed by atoms with Gasteiger partial charge in [0.2, 0.25) is 5.91 Å². The highest BCUT2D eigenvalue weighted by molar-refractivity contribution is 5.96. The Labute approximate surface area is 144 Å². The van der Waals surface area contributed by atoms with Gasteiger partial charge >= 0.3 is 0 Å². The molecule has 1 aromatic carbocycles. The first-order chi connectivity index (χ1) is 12.0. The molecule has 0 saturated heterocycles. The summed E-state index contributed by atoms with van der Waals surface area (Å²) in [5, 5.41) is 8.22. The van der Waals surface area contributed by atoms with Crippen molar-refractivity contribution in [3.63, 3.8) is 0 Å². The Kier molecular flexibility index (Phi) is 3.49. The average molecular weight is 334 g/mol. The monoisotopic (exact) mass is 334 g/mol. The fourth-order valence-corrected chi connectivity index (χ4v) is 3.04. The molecule has 1 atom stereocenters. The predicted octanol–water partition coefficient (Wildman–Crippen LogP) is 2.83. The summed E-state index contributed by atoms with van der Waals surface area (Å²) in [6.45, 7) is 3.78. The molecule has 3 heterocycles. The smallest absolute Gasteiger partial charge is 0.247 e. The van der Waals surface area contributed by atoms with E-state index < -0.39 is 6.04 Å². The number of benzene rings is 1. The number of hydrogen-bond donors (Lipinski definition) is 1. The molecular weight excluding hydrogens is 316 g/mol. The van der Waals surface area contributed by atoms with Gasteiger partial charge in [-0.2, -0.15) is 5.10 Å². The molecule has 0 bridgehead atoms. The van der Waals surface area contributed by atoms with E-state index in [0.29, 0.717) is 5.69 Å². The Morgan fingerprint density at radius 2 is 2.04 bits per heavy atom. The average Bonchev–Trinajstić information content (AvgIpc) is 3.16. The van der Waals surface area contributed by atoms with Gasteiger partial charge in [-0.25, -0.2) is 9.97 Å². The molecule has 0 aliphatic carbocycles. The summed E-state index contributed by atoms with van der Waals surface area (Å²) in [5.74, 6) is -0.120. The number of nitrogens with one attached hydrogen (secondary N) is 1. The van der Waals surface area contributed by atoms with E-state index in [1.165, 1.54) is 0 Å². The van der Waals surface area contributed by atoms with E-state index in [0.717, 1.165) is 27.8 Å². The molecule has 1 N–H and O–H groups in total. The first-order valence-electron chi connectivity index (χ1n) is 8.06. The summed E-state index contributed by atoms with van der Waals surface area (Å²) < 4.78 is 3.60. The Hall–Kier alpha value is -3.22. The summed E-state index contributed by atoms with van der Waals surface area (Å²) in [4.78, 5) is 21.4. The zero-order chi connectivity index (χ0) is 17.6. The van der Waals surface area contributed by atoms with Gasteiger partial charge in [-0.1, -0.05) is 12.1 Å². The van der Waals surface area contributed by atoms with E-state index in [2.05, 4.69) is 20.4 Å². The molecule has 4 rings (SSSR count). The summed E-state index contributed by atoms with van der Waals surface area (Å²) in [6, 6.07) is 9.27. The summed E-state index contributed by atoms with van der Waals surface area (Å²) in [7, 11) is 1.85. The van der Waals surface area contributed by atoms with Gasteiger partial charge in [0.25, 0.3) is 0 Å². The zero-order valence-corrected chi connectivity index (χ0v) is 14.3. The molecule has 3 aromatic heterocycles. The van der Waals surface area contributed by atoms with E-state index in [-0.39, 0.29) is 5.91 Å². The van der Waals surface area contributed by atoms with Gasteiger partial charge in [-0.05, 0) is 32.0 Å². The lowest BCUT2D eigenvalue weighted by atomic mass is 10.2. The van der Waals surface area contributed by atoms with Gasteiger partial charge in [0.15, 0.2) is 5.65 Å². The molecule has 7 heteroatoms. The van der Waals surface area contributed by atoms with Crippen LogP contribution in [0.5, 0.6) is 0 Å². The topological polar surface area (TPSA) is 77.6 Å². The van der Waals surface area contributed by atoms with Crippen LogP contribution in [-0.2, 0) is 11.8 Å². The summed E-state index contributed by atoms with van der Waals surface area (Å²) in [6.07, 6.45) is 3.35. The number of hydrogen-bond acceptors (Lipinski definition) is 4. The highest BCUT2D eigenvalue weighted by atomic mass is 16.2. The number of aromatic nitrogens is 5. The van der Waals surface area contributed by atoms with Crippen molar-refractivity contribution in [3.05, 3.63) is 48.5 Å². The third kappa shape index (κ3) is 2.53. The molecule has 0 saturated carbocycles. The number of anilines is 1. The van der Waals surface area contributed by atoms with Crippen molar-refractivity contribution in [2.24, 2.45) is 7.05 Å². The molecule has 25 heavy (non-hydrogen) atoms. The molecule has 126 valence electrons. The van der Waals surface area contributed by atoms with Crippen LogP contribution in [-0.4, -0.2) is 30.2 Å². The molecule has 0 aliphatic heterocycles. The normalized spacial score (nSPS) is 12.6. The summed E-state index contributed by atoms with van der Waals surface area (Å²) >= 11 is 0. The first kappa shape index (κ1) is 15.3. The van der Waals surface area contributed by atoms with Crippen LogP contribution in [0.1, 0.15) is 18.7 Å². The zero-order valence-electron chi connectivity index (χ0n) is 14.3. The first-order valence-corrected chi connectivity index (χ1v) is 8.06. The third-order valence-corrected chi connectivity index (χ3v) is 4.41. The van der Waals surface area contributed by atoms with Crippen molar-refractivity contribution in [2.75, 3.05) is 5.32 Å². The molecule has 0 radical (unpaired) electrons. The molecule has 7 nitrogen and oxygen atoms in total. The lowest BCUT2D eigenvalue weighted by molar-refractivity contribution is -0.118. The minimum absolute atomic E-state index is 0.120. The maximum Gasteiger partial charge on any atom is 0.247 e. The second kappa shape index (κ2) is 5.70. The van der Waals surface area contributed by atoms with Crippen LogP contribution < -0.4 is 5.32 Å². The molecule has 1 amide bonds. The Bertz CT molecular complexity index is 1090. The maximum absolute atomic E-state index is 12.7. The number of para-hydroxylation sites is 2. The molecule has 1 unspecified atom stereocenters. The van der Waals surface area contributed by atoms with Crippen LogP contribution >= 0.6 is 0 Å². The minimum atomic E-state index is -0.391. The number of pyridine rings is 1. The van der Waals surface area contributed by atoms with Crippen molar-refractivity contribution in [1.82, 2.24) is 24.3 Å². The van der Waals surface area contributed by atoms with Crippen LogP contribution in [0.2, 0.25) is 0 Å². The quantitative estimate of drug-likeness (QED) is 0.625. The van der Waals surface area contributed by atoms with E-state index in [4.69, 9.17) is 0 Å². The number of imidazole rings is 1. The van der Waals surface area contributed by atoms with Gasteiger partial charge in [0.1, 0.15) is 6.04 Å². The standard InChI is InChI=1S/C18H18N6O/c1-11-14-8-13(9-19-17(14)23(3)22-11)21-18(25)12(2)24-10-20-15-6-4-5-7-16(15)24/h4-10,12H,1-3H3,(H,21,25). The Balaban J connectivity index is 1.62. The molecule has 0 spiro atoms. The van der Waals surface area contributed by atoms with Crippen LogP contribution in [0.4, 0.5) is 5.69 Å². The van der Waals surface area contributed by atoms with Crippen molar-refractivity contribution in [2.45, 2.75) is 19.9 Å². The summed E-state index contributed by atoms with van der Waals surface area (Å²) in [5.41, 5.74) is 4.14. The number of rotatable bonds is 3. The minimum Gasteiger partial charge on any atom is -0.323 e. The van der Waals surface area contributed by atoms with Gasteiger partial charge in [0.05, 0.1) is 34.9 Å². The highest BCUT2D eigenvalue weighted by Crippen LogP contribution is 2.22. The molecule has 0 fully saturated rings. The number of fused-ring (bicyclic) bond motifs is 2.